The van der Waals surface area contributed by atoms with Crippen LogP contribution in [0.15, 0.2) is 54.7 Å². The molecule has 11 heteroatoms. The molecule has 2 heterocycles. The quantitative estimate of drug-likeness (QED) is 0.205. The summed E-state index contributed by atoms with van der Waals surface area (Å²) in [5, 5.41) is 25.7. The van der Waals surface area contributed by atoms with Gasteiger partial charge in [0.15, 0.2) is 0 Å². The Balaban J connectivity index is 1.51. The number of phenolic OH excluding ortho intramolecular Hbond substituents is 1. The van der Waals surface area contributed by atoms with E-state index in [1.807, 2.05) is 24.3 Å². The summed E-state index contributed by atoms with van der Waals surface area (Å²) in [7, 11) is 0. The lowest BCUT2D eigenvalue weighted by Gasteiger charge is -2.31. The SMILES string of the molecule is CC(C)C(NC(=O)C(Cc1ccc(O)cc1)NC(=O)C(N)Cc1c[nH]c2ccccc12)C(=O)N1CCCC1C(=O)O. The van der Waals surface area contributed by atoms with Gasteiger partial charge < -0.3 is 36.5 Å². The van der Waals surface area contributed by atoms with Crippen molar-refractivity contribution in [3.05, 3.63) is 65.9 Å². The van der Waals surface area contributed by atoms with E-state index >= 15 is 0 Å². The van der Waals surface area contributed by atoms with Gasteiger partial charge >= 0.3 is 5.97 Å². The molecule has 1 aromatic heterocycles. The fourth-order valence-electron chi connectivity index (χ4n) is 5.22. The number of carboxylic acid groups (broad SMARTS) is 1. The van der Waals surface area contributed by atoms with Crippen molar-refractivity contribution in [3.63, 3.8) is 0 Å². The number of aromatic amines is 1. The summed E-state index contributed by atoms with van der Waals surface area (Å²) in [5.41, 5.74) is 8.74. The molecule has 218 valence electrons. The average molecular weight is 564 g/mol. The molecule has 1 saturated heterocycles. The number of aromatic nitrogens is 1. The number of rotatable bonds is 11. The molecule has 1 fully saturated rings. The first-order valence-electron chi connectivity index (χ1n) is 13.8. The van der Waals surface area contributed by atoms with E-state index in [0.717, 1.165) is 16.5 Å². The van der Waals surface area contributed by atoms with Crippen LogP contribution < -0.4 is 16.4 Å². The van der Waals surface area contributed by atoms with Gasteiger partial charge in [-0.1, -0.05) is 44.2 Å². The molecule has 4 unspecified atom stereocenters. The van der Waals surface area contributed by atoms with Crippen molar-refractivity contribution < 1.29 is 29.4 Å². The number of amides is 3. The Hall–Kier alpha value is -4.38. The molecule has 0 radical (unpaired) electrons. The van der Waals surface area contributed by atoms with Gasteiger partial charge in [-0.05, 0) is 54.5 Å². The number of fused-ring (bicyclic) bond motifs is 1. The molecule has 11 nitrogen and oxygen atoms in total. The second-order valence-corrected chi connectivity index (χ2v) is 10.9. The number of nitrogens with two attached hydrogens (primary N) is 1. The lowest BCUT2D eigenvalue weighted by atomic mass is 9.99. The maximum absolute atomic E-state index is 13.6. The predicted molar refractivity (Wildman–Crippen MR) is 153 cm³/mol. The smallest absolute Gasteiger partial charge is 0.326 e. The summed E-state index contributed by atoms with van der Waals surface area (Å²) in [6.45, 7) is 3.82. The highest BCUT2D eigenvalue weighted by Crippen LogP contribution is 2.21. The van der Waals surface area contributed by atoms with Crippen LogP contribution in [0.4, 0.5) is 0 Å². The Morgan fingerprint density at radius 3 is 2.41 bits per heavy atom. The summed E-state index contributed by atoms with van der Waals surface area (Å²) in [6, 6.07) is 9.96. The number of likely N-dealkylation sites (tertiary alicyclic amines) is 1. The molecule has 1 aliphatic rings. The maximum Gasteiger partial charge on any atom is 0.326 e. The van der Waals surface area contributed by atoms with E-state index in [0.29, 0.717) is 24.9 Å². The number of para-hydroxylation sites is 1. The fraction of sp³-hybridized carbons (Fsp3) is 0.400. The molecule has 7 N–H and O–H groups in total. The monoisotopic (exact) mass is 563 g/mol. The van der Waals surface area contributed by atoms with Gasteiger partial charge in [-0.15, -0.1) is 0 Å². The third-order valence-corrected chi connectivity index (χ3v) is 7.51. The Labute approximate surface area is 238 Å². The minimum atomic E-state index is -1.08. The number of hydrogen-bond donors (Lipinski definition) is 6. The molecule has 0 aliphatic carbocycles. The third-order valence-electron chi connectivity index (χ3n) is 7.51. The molecule has 1 aliphatic heterocycles. The highest BCUT2D eigenvalue weighted by Gasteiger charge is 2.39. The van der Waals surface area contributed by atoms with Crippen molar-refractivity contribution in [2.24, 2.45) is 11.7 Å². The summed E-state index contributed by atoms with van der Waals surface area (Å²) in [6.07, 6.45) is 3.04. The Bertz CT molecular complexity index is 1400. The minimum Gasteiger partial charge on any atom is -0.508 e. The highest BCUT2D eigenvalue weighted by molar-refractivity contribution is 5.95. The topological polar surface area (TPSA) is 178 Å². The Kier molecular flexibility index (Phi) is 9.28. The van der Waals surface area contributed by atoms with Gasteiger partial charge in [-0.3, -0.25) is 14.4 Å². The number of carbonyl (C=O) groups excluding carboxylic acids is 3. The number of carboxylic acids is 1. The molecule has 3 amide bonds. The average Bonchev–Trinajstić information content (AvgIpc) is 3.60. The Morgan fingerprint density at radius 2 is 1.73 bits per heavy atom. The van der Waals surface area contributed by atoms with Crippen LogP contribution in [0.5, 0.6) is 5.75 Å². The maximum atomic E-state index is 13.6. The second-order valence-electron chi connectivity index (χ2n) is 10.9. The molecular weight excluding hydrogens is 526 g/mol. The van der Waals surface area contributed by atoms with Crippen molar-refractivity contribution in [1.29, 1.82) is 0 Å². The van der Waals surface area contributed by atoms with Crippen molar-refractivity contribution >= 4 is 34.6 Å². The molecule has 3 aromatic rings. The number of hydrogen-bond acceptors (Lipinski definition) is 6. The van der Waals surface area contributed by atoms with Crippen LogP contribution in [0, 0.1) is 5.92 Å². The summed E-state index contributed by atoms with van der Waals surface area (Å²) < 4.78 is 0. The van der Waals surface area contributed by atoms with Gasteiger partial charge in [0.05, 0.1) is 6.04 Å². The van der Waals surface area contributed by atoms with E-state index in [-0.39, 0.29) is 24.5 Å². The van der Waals surface area contributed by atoms with E-state index in [1.165, 1.54) is 17.0 Å². The summed E-state index contributed by atoms with van der Waals surface area (Å²) in [5.74, 6) is -2.95. The molecule has 41 heavy (non-hydrogen) atoms. The van der Waals surface area contributed by atoms with Gasteiger partial charge in [-0.2, -0.15) is 0 Å². The lowest BCUT2D eigenvalue weighted by Crippen LogP contribution is -2.59. The van der Waals surface area contributed by atoms with E-state index in [2.05, 4.69) is 15.6 Å². The van der Waals surface area contributed by atoms with E-state index in [4.69, 9.17) is 5.73 Å². The first-order chi connectivity index (χ1) is 19.5. The lowest BCUT2D eigenvalue weighted by molar-refractivity contribution is -0.150. The molecule has 0 saturated carbocycles. The number of aliphatic carboxylic acids is 1. The molecule has 2 aromatic carbocycles. The zero-order valence-electron chi connectivity index (χ0n) is 23.2. The number of carbonyl (C=O) groups is 4. The molecule has 0 bridgehead atoms. The van der Waals surface area contributed by atoms with Gasteiger partial charge in [0.1, 0.15) is 23.9 Å². The second kappa shape index (κ2) is 12.9. The largest absolute Gasteiger partial charge is 0.508 e. The van der Waals surface area contributed by atoms with Crippen LogP contribution in [0.25, 0.3) is 10.9 Å². The Morgan fingerprint density at radius 1 is 1.02 bits per heavy atom. The van der Waals surface area contributed by atoms with Crippen molar-refractivity contribution in [2.75, 3.05) is 6.54 Å². The zero-order valence-corrected chi connectivity index (χ0v) is 23.2. The first kappa shape index (κ1) is 29.6. The summed E-state index contributed by atoms with van der Waals surface area (Å²) in [4.78, 5) is 56.4. The number of H-pyrrole nitrogens is 1. The van der Waals surface area contributed by atoms with Crippen LogP contribution in [-0.2, 0) is 32.0 Å². The number of nitrogens with zero attached hydrogens (tertiary/aromatic N) is 1. The number of nitrogens with one attached hydrogen (secondary N) is 3. The predicted octanol–water partition coefficient (Wildman–Crippen LogP) is 1.69. The van der Waals surface area contributed by atoms with Crippen molar-refractivity contribution in [2.45, 2.75) is 63.7 Å². The van der Waals surface area contributed by atoms with Crippen molar-refractivity contribution in [3.8, 4) is 5.75 Å². The normalized spacial score (nSPS) is 17.3. The molecule has 4 rings (SSSR count). The molecular formula is C30H37N5O6. The number of aromatic hydroxyl groups is 1. The fourth-order valence-corrected chi connectivity index (χ4v) is 5.22. The van der Waals surface area contributed by atoms with E-state index < -0.39 is 47.9 Å². The first-order valence-corrected chi connectivity index (χ1v) is 13.8. The minimum absolute atomic E-state index is 0.0589. The van der Waals surface area contributed by atoms with E-state index in [1.54, 1.807) is 32.2 Å². The van der Waals surface area contributed by atoms with Crippen LogP contribution in [0.3, 0.4) is 0 Å². The molecule has 0 spiro atoms. The van der Waals surface area contributed by atoms with Gasteiger partial charge in [-0.25, -0.2) is 4.79 Å². The van der Waals surface area contributed by atoms with Gasteiger partial charge in [0.25, 0.3) is 0 Å². The van der Waals surface area contributed by atoms with Gasteiger partial charge in [0, 0.05) is 30.1 Å². The van der Waals surface area contributed by atoms with E-state index in [9.17, 15) is 29.4 Å². The highest BCUT2D eigenvalue weighted by atomic mass is 16.4. The standard InChI is InChI=1S/C30H37N5O6/c1-17(2)26(29(39)35-13-5-8-25(35)30(40)41)34-28(38)24(14-18-9-11-20(36)12-10-18)33-27(37)22(31)15-19-16-32-23-7-4-3-6-21(19)23/h3-4,6-7,9-12,16-17,22,24-26,32,36H,5,8,13-15,31H2,1-2H3,(H,33,37)(H,34,38)(H,40,41). The number of benzene rings is 2. The van der Waals surface area contributed by atoms with Crippen LogP contribution >= 0.6 is 0 Å². The van der Waals surface area contributed by atoms with Gasteiger partial charge in [0.2, 0.25) is 17.7 Å². The van der Waals surface area contributed by atoms with Crippen LogP contribution in [-0.4, -0.2) is 74.5 Å². The summed E-state index contributed by atoms with van der Waals surface area (Å²) >= 11 is 0. The number of phenols is 1. The van der Waals surface area contributed by atoms with Crippen LogP contribution in [0.2, 0.25) is 0 Å². The van der Waals surface area contributed by atoms with Crippen molar-refractivity contribution in [1.82, 2.24) is 20.5 Å². The zero-order chi connectivity index (χ0) is 29.7. The molecule has 4 atom stereocenters. The van der Waals surface area contributed by atoms with Crippen LogP contribution in [0.1, 0.15) is 37.8 Å². The third kappa shape index (κ3) is 7.04.